The van der Waals surface area contributed by atoms with Crippen LogP contribution in [0.25, 0.3) is 10.8 Å². The van der Waals surface area contributed by atoms with Gasteiger partial charge in [-0.2, -0.15) is 0 Å². The molecule has 2 rings (SSSR count). The minimum Gasteiger partial charge on any atom is -0.452 e. The van der Waals surface area contributed by atoms with Crippen molar-refractivity contribution >= 4 is 28.7 Å². The summed E-state index contributed by atoms with van der Waals surface area (Å²) < 4.78 is 5.01. The molecule has 0 saturated carbocycles. The summed E-state index contributed by atoms with van der Waals surface area (Å²) in [5.74, 6) is -1.30. The molecule has 0 unspecified atom stereocenters. The Kier molecular flexibility index (Phi) is 4.73. The molecule has 114 valence electrons. The lowest BCUT2D eigenvalue weighted by atomic mass is 10.0. The zero-order valence-corrected chi connectivity index (χ0v) is 12.0. The van der Waals surface area contributed by atoms with Crippen molar-refractivity contribution in [2.75, 3.05) is 0 Å². The zero-order valence-electron chi connectivity index (χ0n) is 12.0. The maximum atomic E-state index is 11.9. The number of primary amides is 1. The normalized spacial score (nSPS) is 11.7. The number of hydrogen-bond donors (Lipinski definition) is 2. The first kappa shape index (κ1) is 15.5. The number of fused-ring (bicyclic) bond motifs is 1. The van der Waals surface area contributed by atoms with E-state index in [-0.39, 0.29) is 6.42 Å². The summed E-state index contributed by atoms with van der Waals surface area (Å²) in [6.07, 6.45) is -1.05. The van der Waals surface area contributed by atoms with Crippen molar-refractivity contribution < 1.29 is 19.1 Å². The number of imide groups is 1. The zero-order chi connectivity index (χ0) is 16.1. The molecule has 6 nitrogen and oxygen atoms in total. The van der Waals surface area contributed by atoms with Gasteiger partial charge in [-0.1, -0.05) is 42.5 Å². The van der Waals surface area contributed by atoms with Gasteiger partial charge in [0.15, 0.2) is 6.10 Å². The van der Waals surface area contributed by atoms with Crippen molar-refractivity contribution in [3.05, 3.63) is 48.0 Å². The second-order valence-corrected chi connectivity index (χ2v) is 4.80. The third kappa shape index (κ3) is 3.82. The standard InChI is InChI=1S/C16H16N2O4/c1-10(15(20)18-16(17)21)22-14(19)9-12-7-4-6-11-5-2-3-8-13(11)12/h2-8,10H,9H2,1H3,(H3,17,18,20,21)/t10-/m0/s1. The predicted molar refractivity (Wildman–Crippen MR) is 80.9 cm³/mol. The number of carbonyl (C=O) groups is 3. The highest BCUT2D eigenvalue weighted by molar-refractivity contribution is 5.96. The van der Waals surface area contributed by atoms with Crippen LogP contribution in [-0.2, 0) is 20.7 Å². The molecule has 0 radical (unpaired) electrons. The lowest BCUT2D eigenvalue weighted by molar-refractivity contribution is -0.153. The summed E-state index contributed by atoms with van der Waals surface area (Å²) >= 11 is 0. The van der Waals surface area contributed by atoms with Crippen molar-refractivity contribution in [2.45, 2.75) is 19.4 Å². The number of esters is 1. The molecular weight excluding hydrogens is 284 g/mol. The van der Waals surface area contributed by atoms with E-state index in [4.69, 9.17) is 10.5 Å². The van der Waals surface area contributed by atoms with Crippen LogP contribution in [0.3, 0.4) is 0 Å². The van der Waals surface area contributed by atoms with E-state index in [0.717, 1.165) is 16.3 Å². The highest BCUT2D eigenvalue weighted by Crippen LogP contribution is 2.19. The molecule has 0 spiro atoms. The molecule has 2 aromatic rings. The number of nitrogens with one attached hydrogen (secondary N) is 1. The highest BCUT2D eigenvalue weighted by Gasteiger charge is 2.19. The largest absolute Gasteiger partial charge is 0.452 e. The number of rotatable bonds is 4. The summed E-state index contributed by atoms with van der Waals surface area (Å²) in [4.78, 5) is 34.0. The molecule has 2 aromatic carbocycles. The number of benzene rings is 2. The number of nitrogens with two attached hydrogens (primary N) is 1. The molecule has 3 N–H and O–H groups in total. The maximum Gasteiger partial charge on any atom is 0.318 e. The van der Waals surface area contributed by atoms with Crippen LogP contribution in [0.15, 0.2) is 42.5 Å². The SMILES string of the molecule is C[C@H](OC(=O)Cc1cccc2ccccc12)C(=O)NC(N)=O. The highest BCUT2D eigenvalue weighted by atomic mass is 16.5. The van der Waals surface area contributed by atoms with Crippen molar-refractivity contribution in [1.29, 1.82) is 0 Å². The molecule has 0 fully saturated rings. The Morgan fingerprint density at radius 2 is 1.82 bits per heavy atom. The van der Waals surface area contributed by atoms with E-state index in [1.165, 1.54) is 6.92 Å². The second kappa shape index (κ2) is 6.71. The Bertz CT molecular complexity index is 722. The summed E-state index contributed by atoms with van der Waals surface area (Å²) in [5, 5.41) is 3.84. The monoisotopic (exact) mass is 300 g/mol. The first-order valence-electron chi connectivity index (χ1n) is 6.74. The van der Waals surface area contributed by atoms with Crippen molar-refractivity contribution in [3.8, 4) is 0 Å². The molecule has 0 aliphatic heterocycles. The topological polar surface area (TPSA) is 98.5 Å². The van der Waals surface area contributed by atoms with E-state index in [1.54, 1.807) is 0 Å². The van der Waals surface area contributed by atoms with E-state index in [0.29, 0.717) is 0 Å². The molecule has 22 heavy (non-hydrogen) atoms. The Labute approximate surface area is 127 Å². The number of urea groups is 1. The lowest BCUT2D eigenvalue weighted by Crippen LogP contribution is -2.42. The van der Waals surface area contributed by atoms with E-state index < -0.39 is 24.0 Å². The predicted octanol–water partition coefficient (Wildman–Crippen LogP) is 1.51. The second-order valence-electron chi connectivity index (χ2n) is 4.80. The lowest BCUT2D eigenvalue weighted by Gasteiger charge is -2.12. The van der Waals surface area contributed by atoms with Gasteiger partial charge in [0.1, 0.15) is 0 Å². The average molecular weight is 300 g/mol. The minimum absolute atomic E-state index is 0.0372. The quantitative estimate of drug-likeness (QED) is 0.836. The minimum atomic E-state index is -1.09. The number of carbonyl (C=O) groups excluding carboxylic acids is 3. The Balaban J connectivity index is 2.05. The van der Waals surface area contributed by atoms with Gasteiger partial charge in [-0.3, -0.25) is 14.9 Å². The van der Waals surface area contributed by atoms with Gasteiger partial charge in [0.05, 0.1) is 6.42 Å². The molecule has 0 heterocycles. The van der Waals surface area contributed by atoms with E-state index in [9.17, 15) is 14.4 Å². The van der Waals surface area contributed by atoms with Crippen LogP contribution in [-0.4, -0.2) is 24.0 Å². The van der Waals surface area contributed by atoms with Crippen molar-refractivity contribution in [1.82, 2.24) is 5.32 Å². The van der Waals surface area contributed by atoms with Gasteiger partial charge in [0, 0.05) is 0 Å². The smallest absolute Gasteiger partial charge is 0.318 e. The van der Waals surface area contributed by atoms with Crippen LogP contribution < -0.4 is 11.1 Å². The average Bonchev–Trinajstić information content (AvgIpc) is 2.46. The van der Waals surface area contributed by atoms with Gasteiger partial charge in [0.25, 0.3) is 5.91 Å². The van der Waals surface area contributed by atoms with Crippen LogP contribution in [0.1, 0.15) is 12.5 Å². The first-order chi connectivity index (χ1) is 10.5. The first-order valence-corrected chi connectivity index (χ1v) is 6.74. The van der Waals surface area contributed by atoms with Gasteiger partial charge in [-0.05, 0) is 23.3 Å². The molecule has 0 saturated heterocycles. The third-order valence-corrected chi connectivity index (χ3v) is 3.14. The Morgan fingerprint density at radius 1 is 1.14 bits per heavy atom. The van der Waals surface area contributed by atoms with Gasteiger partial charge in [-0.15, -0.1) is 0 Å². The van der Waals surface area contributed by atoms with Crippen molar-refractivity contribution in [2.24, 2.45) is 5.73 Å². The third-order valence-electron chi connectivity index (χ3n) is 3.14. The fourth-order valence-electron chi connectivity index (χ4n) is 2.12. The molecule has 0 bridgehead atoms. The van der Waals surface area contributed by atoms with Crippen LogP contribution in [0.4, 0.5) is 4.79 Å². The molecule has 1 atom stereocenters. The molecule has 6 heteroatoms. The van der Waals surface area contributed by atoms with Crippen molar-refractivity contribution in [3.63, 3.8) is 0 Å². The molecule has 0 aromatic heterocycles. The van der Waals surface area contributed by atoms with E-state index in [1.807, 2.05) is 47.8 Å². The Morgan fingerprint density at radius 3 is 2.55 bits per heavy atom. The summed E-state index contributed by atoms with van der Waals surface area (Å²) in [6, 6.07) is 12.3. The summed E-state index contributed by atoms with van der Waals surface area (Å²) in [5.41, 5.74) is 5.65. The van der Waals surface area contributed by atoms with Gasteiger partial charge in [-0.25, -0.2) is 4.79 Å². The van der Waals surface area contributed by atoms with Gasteiger partial charge < -0.3 is 10.5 Å². The van der Waals surface area contributed by atoms with E-state index >= 15 is 0 Å². The molecule has 0 aliphatic carbocycles. The molecule has 0 aliphatic rings. The summed E-state index contributed by atoms with van der Waals surface area (Å²) in [7, 11) is 0. The number of hydrogen-bond acceptors (Lipinski definition) is 4. The van der Waals surface area contributed by atoms with Crippen LogP contribution in [0.5, 0.6) is 0 Å². The fourth-order valence-corrected chi connectivity index (χ4v) is 2.12. The fraction of sp³-hybridized carbons (Fsp3) is 0.188. The van der Waals surface area contributed by atoms with Crippen LogP contribution >= 0.6 is 0 Å². The molecule has 3 amide bonds. The molecular formula is C16H16N2O4. The number of ether oxygens (including phenoxy) is 1. The van der Waals surface area contributed by atoms with Gasteiger partial charge in [0.2, 0.25) is 0 Å². The van der Waals surface area contributed by atoms with E-state index in [2.05, 4.69) is 0 Å². The van der Waals surface area contributed by atoms with Crippen LogP contribution in [0.2, 0.25) is 0 Å². The van der Waals surface area contributed by atoms with Gasteiger partial charge >= 0.3 is 12.0 Å². The Hall–Kier alpha value is -2.89. The summed E-state index contributed by atoms with van der Waals surface area (Å²) in [6.45, 7) is 1.37. The maximum absolute atomic E-state index is 11.9. The van der Waals surface area contributed by atoms with Crippen LogP contribution in [0, 0.1) is 0 Å². The number of amides is 3.